The molecule has 1 heterocycles. The number of carboxylic acid groups (broad SMARTS) is 1. The first-order chi connectivity index (χ1) is 17.2. The van der Waals surface area contributed by atoms with Crippen molar-refractivity contribution >= 4 is 34.8 Å². The molecule has 0 spiro atoms. The Bertz CT molecular complexity index is 1180. The van der Waals surface area contributed by atoms with Gasteiger partial charge < -0.3 is 10.0 Å². The van der Waals surface area contributed by atoms with Crippen LogP contribution in [0.25, 0.3) is 0 Å². The van der Waals surface area contributed by atoms with Crippen molar-refractivity contribution in [3.63, 3.8) is 0 Å². The number of aromatic nitrogens is 1. The minimum absolute atomic E-state index is 0.0663. The number of hydrogen-bond donors (Lipinski definition) is 1. The Balaban J connectivity index is 1.82. The number of carbonyl (C=O) groups is 2. The zero-order valence-corrected chi connectivity index (χ0v) is 22.9. The maximum Gasteiger partial charge on any atom is 0.355 e. The van der Waals surface area contributed by atoms with Crippen LogP contribution in [0.5, 0.6) is 0 Å². The molecule has 0 unspecified atom stereocenters. The lowest BCUT2D eigenvalue weighted by atomic mass is 9.94. The van der Waals surface area contributed by atoms with Gasteiger partial charge in [-0.05, 0) is 69.2 Å². The maximum absolute atomic E-state index is 13.9. The summed E-state index contributed by atoms with van der Waals surface area (Å²) < 4.78 is 0. The van der Waals surface area contributed by atoms with Crippen LogP contribution >= 0.6 is 22.9 Å². The van der Waals surface area contributed by atoms with Gasteiger partial charge in [-0.3, -0.25) is 4.79 Å². The van der Waals surface area contributed by atoms with E-state index in [2.05, 4.69) is 30.6 Å². The molecular weight excluding hydrogens is 492 g/mol. The minimum Gasteiger partial charge on any atom is -0.476 e. The first-order valence-electron chi connectivity index (χ1n) is 12.4. The third kappa shape index (κ3) is 6.95. The molecule has 1 aromatic carbocycles. The Morgan fingerprint density at radius 2 is 2.06 bits per heavy atom. The average Bonchev–Trinajstić information content (AvgIpc) is 3.57. The lowest BCUT2D eigenvalue weighted by Crippen LogP contribution is -2.38. The van der Waals surface area contributed by atoms with Gasteiger partial charge in [0.15, 0.2) is 5.69 Å². The number of aryl methyl sites for hydroxylation is 2. The number of thiazole rings is 1. The van der Waals surface area contributed by atoms with E-state index in [1.807, 2.05) is 42.2 Å². The molecular formula is C29H35ClN2O3S. The summed E-state index contributed by atoms with van der Waals surface area (Å²) in [5.41, 5.74) is 2.93. The molecule has 1 saturated carbocycles. The summed E-state index contributed by atoms with van der Waals surface area (Å²) in [6.45, 7) is 10.7. The molecule has 1 aromatic heterocycles. The normalized spacial score (nSPS) is 15.0. The molecule has 1 N–H and O–H groups in total. The molecule has 0 radical (unpaired) electrons. The van der Waals surface area contributed by atoms with Crippen molar-refractivity contribution in [2.75, 3.05) is 6.54 Å². The quantitative estimate of drug-likeness (QED) is 0.276. The highest BCUT2D eigenvalue weighted by Gasteiger charge is 2.52. The van der Waals surface area contributed by atoms with Crippen LogP contribution in [0.15, 0.2) is 60.2 Å². The molecule has 7 heteroatoms. The molecule has 0 atom stereocenters. The van der Waals surface area contributed by atoms with Crippen LogP contribution < -0.4 is 0 Å². The highest BCUT2D eigenvalue weighted by atomic mass is 35.5. The molecule has 36 heavy (non-hydrogen) atoms. The summed E-state index contributed by atoms with van der Waals surface area (Å²) in [5, 5.41) is 10.8. The van der Waals surface area contributed by atoms with E-state index in [-0.39, 0.29) is 11.6 Å². The van der Waals surface area contributed by atoms with Gasteiger partial charge in [-0.15, -0.1) is 11.3 Å². The molecule has 0 aliphatic heterocycles. The topological polar surface area (TPSA) is 70.5 Å². The van der Waals surface area contributed by atoms with Gasteiger partial charge in [0, 0.05) is 16.4 Å². The van der Waals surface area contributed by atoms with Gasteiger partial charge in [0.1, 0.15) is 5.01 Å². The van der Waals surface area contributed by atoms with Crippen LogP contribution in [0.4, 0.5) is 0 Å². The van der Waals surface area contributed by atoms with Crippen LogP contribution in [-0.4, -0.2) is 33.4 Å². The van der Waals surface area contributed by atoms with Crippen molar-refractivity contribution in [3.8, 4) is 0 Å². The summed E-state index contributed by atoms with van der Waals surface area (Å²) in [7, 11) is 0. The Hall–Kier alpha value is -2.70. The van der Waals surface area contributed by atoms with E-state index in [4.69, 9.17) is 11.6 Å². The van der Waals surface area contributed by atoms with Gasteiger partial charge in [0.2, 0.25) is 5.91 Å². The fourth-order valence-corrected chi connectivity index (χ4v) is 5.59. The third-order valence-electron chi connectivity index (χ3n) is 6.70. The number of aromatic carboxylic acids is 1. The second-order valence-electron chi connectivity index (χ2n) is 9.41. The van der Waals surface area contributed by atoms with E-state index in [0.29, 0.717) is 28.0 Å². The Morgan fingerprint density at radius 1 is 1.31 bits per heavy atom. The van der Waals surface area contributed by atoms with Gasteiger partial charge in [0.05, 0.1) is 12.0 Å². The summed E-state index contributed by atoms with van der Waals surface area (Å²) in [4.78, 5) is 32.3. The lowest BCUT2D eigenvalue weighted by Gasteiger charge is -2.27. The fourth-order valence-electron chi connectivity index (χ4n) is 4.44. The standard InChI is InChI=1S/C29H35ClN2O3S/c1-5-9-22(6-2)14-13-20(3)29(15-16-29)28(35)32(17-8-11-23-10-7-12-24(30)18-23)19-25-31-26(27(33)34)21(4)36-25/h6-7,10,12-14,18H,2,5,8-9,11,15-17,19H2,1,3-4H3,(H,33,34)/b20-13+,22-14+. The van der Waals surface area contributed by atoms with Crippen LogP contribution in [0.1, 0.15) is 71.9 Å². The molecule has 192 valence electrons. The summed E-state index contributed by atoms with van der Waals surface area (Å²) in [6, 6.07) is 7.77. The Morgan fingerprint density at radius 3 is 2.64 bits per heavy atom. The number of carboxylic acids is 1. The second-order valence-corrected chi connectivity index (χ2v) is 11.1. The van der Waals surface area contributed by atoms with Crippen molar-refractivity contribution in [1.82, 2.24) is 9.88 Å². The van der Waals surface area contributed by atoms with Crippen molar-refractivity contribution in [2.45, 2.75) is 65.8 Å². The smallest absolute Gasteiger partial charge is 0.355 e. The number of carbonyl (C=O) groups excluding carboxylic acids is 1. The SMILES string of the molecule is C=C/C(=C\C=C(/C)C1(C(=O)N(CCCc2cccc(Cl)c2)Cc2nc(C(=O)O)c(C)s2)CC1)CCC. The summed E-state index contributed by atoms with van der Waals surface area (Å²) >= 11 is 7.48. The van der Waals surface area contributed by atoms with E-state index < -0.39 is 11.4 Å². The van der Waals surface area contributed by atoms with E-state index >= 15 is 0 Å². The predicted octanol–water partition coefficient (Wildman–Crippen LogP) is 7.40. The molecule has 1 aliphatic rings. The fraction of sp³-hybridized carbons (Fsp3) is 0.414. The monoisotopic (exact) mass is 526 g/mol. The van der Waals surface area contributed by atoms with Crippen LogP contribution in [0, 0.1) is 12.3 Å². The average molecular weight is 527 g/mol. The van der Waals surface area contributed by atoms with Crippen molar-refractivity contribution in [2.24, 2.45) is 5.41 Å². The number of nitrogens with zero attached hydrogens (tertiary/aromatic N) is 2. The number of amides is 1. The molecule has 1 aliphatic carbocycles. The van der Waals surface area contributed by atoms with Crippen LogP contribution in [-0.2, 0) is 17.8 Å². The molecule has 1 fully saturated rings. The third-order valence-corrected chi connectivity index (χ3v) is 7.89. The summed E-state index contributed by atoms with van der Waals surface area (Å²) in [6.07, 6.45) is 11.2. The van der Waals surface area contributed by atoms with Crippen molar-refractivity contribution in [3.05, 3.63) is 86.4 Å². The highest BCUT2D eigenvalue weighted by molar-refractivity contribution is 7.11. The molecule has 2 aromatic rings. The number of rotatable bonds is 13. The van der Waals surface area contributed by atoms with E-state index in [1.54, 1.807) is 6.92 Å². The van der Waals surface area contributed by atoms with E-state index in [9.17, 15) is 14.7 Å². The van der Waals surface area contributed by atoms with Gasteiger partial charge in [-0.2, -0.15) is 0 Å². The molecule has 0 saturated heterocycles. The zero-order chi connectivity index (χ0) is 26.3. The maximum atomic E-state index is 13.9. The summed E-state index contributed by atoms with van der Waals surface area (Å²) in [5.74, 6) is -0.945. The van der Waals surface area contributed by atoms with E-state index in [0.717, 1.165) is 55.2 Å². The van der Waals surface area contributed by atoms with Crippen molar-refractivity contribution < 1.29 is 14.7 Å². The molecule has 3 rings (SSSR count). The number of halogens is 1. The van der Waals surface area contributed by atoms with Gasteiger partial charge >= 0.3 is 5.97 Å². The van der Waals surface area contributed by atoms with E-state index in [1.165, 1.54) is 11.3 Å². The molecule has 1 amide bonds. The highest BCUT2D eigenvalue weighted by Crippen LogP contribution is 2.53. The molecule has 5 nitrogen and oxygen atoms in total. The molecule has 0 bridgehead atoms. The first-order valence-corrected chi connectivity index (χ1v) is 13.6. The van der Waals surface area contributed by atoms with Crippen LogP contribution in [0.3, 0.4) is 0 Å². The number of benzene rings is 1. The number of hydrogen-bond acceptors (Lipinski definition) is 4. The van der Waals surface area contributed by atoms with Crippen LogP contribution in [0.2, 0.25) is 5.02 Å². The predicted molar refractivity (Wildman–Crippen MR) is 148 cm³/mol. The lowest BCUT2D eigenvalue weighted by molar-refractivity contribution is -0.136. The number of allylic oxidation sites excluding steroid dienone is 4. The van der Waals surface area contributed by atoms with Crippen molar-refractivity contribution in [1.29, 1.82) is 0 Å². The first kappa shape index (κ1) is 27.9. The Kier molecular flexibility index (Phi) is 9.69. The largest absolute Gasteiger partial charge is 0.476 e. The van der Waals surface area contributed by atoms with Gasteiger partial charge in [-0.1, -0.05) is 67.5 Å². The minimum atomic E-state index is -1.04. The van der Waals surface area contributed by atoms with Gasteiger partial charge in [-0.25, -0.2) is 9.78 Å². The zero-order valence-electron chi connectivity index (χ0n) is 21.3. The second kappa shape index (κ2) is 12.5. The Labute approximate surface area is 223 Å². The van der Waals surface area contributed by atoms with Gasteiger partial charge in [0.25, 0.3) is 0 Å².